The van der Waals surface area contributed by atoms with Gasteiger partial charge in [0.2, 0.25) is 0 Å². The fourth-order valence-corrected chi connectivity index (χ4v) is 4.06. The number of aryl methyl sites for hydroxylation is 4. The van der Waals surface area contributed by atoms with Gasteiger partial charge < -0.3 is 5.32 Å². The number of rotatable bonds is 2. The number of fused-ring (bicyclic) bond motifs is 1. The Bertz CT molecular complexity index is 1020. The zero-order valence-corrected chi connectivity index (χ0v) is 15.4. The molecule has 26 heavy (non-hydrogen) atoms. The van der Waals surface area contributed by atoms with E-state index in [1.165, 1.54) is 30.4 Å². The summed E-state index contributed by atoms with van der Waals surface area (Å²) < 4.78 is 39.1. The predicted molar refractivity (Wildman–Crippen MR) is 95.8 cm³/mol. The number of anilines is 1. The Labute approximate surface area is 152 Å². The molecule has 0 aliphatic rings. The summed E-state index contributed by atoms with van der Waals surface area (Å²) in [5, 5.41) is 3.37. The first-order valence-corrected chi connectivity index (χ1v) is 8.63. The highest BCUT2D eigenvalue weighted by Crippen LogP contribution is 2.35. The van der Waals surface area contributed by atoms with Crippen molar-refractivity contribution in [1.29, 1.82) is 0 Å². The van der Waals surface area contributed by atoms with Gasteiger partial charge in [-0.2, -0.15) is 13.2 Å². The Morgan fingerprint density at radius 3 is 2.46 bits per heavy atom. The van der Waals surface area contributed by atoms with Gasteiger partial charge in [-0.15, -0.1) is 11.3 Å². The van der Waals surface area contributed by atoms with Gasteiger partial charge in [0, 0.05) is 16.8 Å². The third-order valence-electron chi connectivity index (χ3n) is 4.09. The number of hydrogen-bond acceptors (Lipinski definition) is 4. The van der Waals surface area contributed by atoms with Crippen molar-refractivity contribution in [1.82, 2.24) is 9.97 Å². The van der Waals surface area contributed by atoms with Gasteiger partial charge in [0.1, 0.15) is 10.7 Å². The van der Waals surface area contributed by atoms with Crippen LogP contribution >= 0.6 is 11.3 Å². The van der Waals surface area contributed by atoms with E-state index in [0.29, 0.717) is 15.5 Å². The summed E-state index contributed by atoms with van der Waals surface area (Å²) in [6, 6.07) is 3.75. The molecule has 0 unspecified atom stereocenters. The molecular weight excluding hydrogens is 363 g/mol. The topological polar surface area (TPSA) is 54.9 Å². The minimum absolute atomic E-state index is 0.101. The lowest BCUT2D eigenvalue weighted by molar-refractivity contribution is -0.138. The summed E-state index contributed by atoms with van der Waals surface area (Å²) in [4.78, 5) is 22.4. The van der Waals surface area contributed by atoms with E-state index in [9.17, 15) is 18.0 Å². The molecule has 0 atom stereocenters. The van der Waals surface area contributed by atoms with E-state index in [1.54, 1.807) is 13.8 Å². The molecule has 0 aliphatic heterocycles. The van der Waals surface area contributed by atoms with Crippen molar-refractivity contribution in [3.05, 3.63) is 51.3 Å². The van der Waals surface area contributed by atoms with Gasteiger partial charge in [-0.3, -0.25) is 4.79 Å². The number of thiophene rings is 1. The highest BCUT2D eigenvalue weighted by Gasteiger charge is 2.32. The van der Waals surface area contributed by atoms with E-state index in [2.05, 4.69) is 15.3 Å². The lowest BCUT2D eigenvalue weighted by Gasteiger charge is -2.12. The molecular formula is C18H16F3N3OS. The molecule has 136 valence electrons. The molecule has 0 saturated heterocycles. The average Bonchev–Trinajstić information content (AvgIpc) is 2.85. The SMILES string of the molecule is Cc1nc(C)c2c(C)c(C(=O)Nc3ccc(C)c(C(F)(F)F)c3)sc2n1. The third kappa shape index (κ3) is 3.29. The van der Waals surface area contributed by atoms with Crippen LogP contribution < -0.4 is 5.32 Å². The number of nitrogens with one attached hydrogen (secondary N) is 1. The largest absolute Gasteiger partial charge is 0.416 e. The number of amides is 1. The van der Waals surface area contributed by atoms with E-state index in [1.807, 2.05) is 6.92 Å². The molecule has 1 N–H and O–H groups in total. The van der Waals surface area contributed by atoms with Crippen LogP contribution in [0.4, 0.5) is 18.9 Å². The smallest absolute Gasteiger partial charge is 0.321 e. The number of alkyl halides is 3. The molecule has 2 aromatic heterocycles. The Kier molecular flexibility index (Phi) is 4.47. The molecule has 0 saturated carbocycles. The Morgan fingerprint density at radius 1 is 1.12 bits per heavy atom. The van der Waals surface area contributed by atoms with Crippen LogP contribution in [0.3, 0.4) is 0 Å². The Balaban J connectivity index is 1.98. The maximum absolute atomic E-state index is 13.0. The number of hydrogen-bond donors (Lipinski definition) is 1. The second-order valence-corrected chi connectivity index (χ2v) is 7.07. The van der Waals surface area contributed by atoms with Gasteiger partial charge in [-0.25, -0.2) is 9.97 Å². The fourth-order valence-electron chi connectivity index (χ4n) is 2.88. The summed E-state index contributed by atoms with van der Waals surface area (Å²) in [5.74, 6) is 0.149. The molecule has 8 heteroatoms. The number of aromatic nitrogens is 2. The van der Waals surface area contributed by atoms with Crippen LogP contribution in [0, 0.1) is 27.7 Å². The second kappa shape index (κ2) is 6.35. The maximum Gasteiger partial charge on any atom is 0.416 e. The van der Waals surface area contributed by atoms with Crippen molar-refractivity contribution in [2.45, 2.75) is 33.9 Å². The summed E-state index contributed by atoms with van der Waals surface area (Å²) in [6.07, 6.45) is -4.47. The van der Waals surface area contributed by atoms with Crippen molar-refractivity contribution in [2.24, 2.45) is 0 Å². The lowest BCUT2D eigenvalue weighted by Crippen LogP contribution is -2.13. The van der Waals surface area contributed by atoms with Crippen molar-refractivity contribution in [3.63, 3.8) is 0 Å². The summed E-state index contributed by atoms with van der Waals surface area (Å²) >= 11 is 1.21. The molecule has 3 rings (SSSR count). The van der Waals surface area contributed by atoms with Crippen LogP contribution in [0.5, 0.6) is 0 Å². The molecule has 0 aliphatic carbocycles. The number of nitrogens with zero attached hydrogens (tertiary/aromatic N) is 2. The van der Waals surface area contributed by atoms with E-state index in [4.69, 9.17) is 0 Å². The molecule has 2 heterocycles. The van der Waals surface area contributed by atoms with Crippen molar-refractivity contribution >= 4 is 33.1 Å². The lowest BCUT2D eigenvalue weighted by atomic mass is 10.1. The number of carbonyl (C=O) groups excluding carboxylic acids is 1. The van der Waals surface area contributed by atoms with Gasteiger partial charge in [0.15, 0.2) is 0 Å². The number of benzene rings is 1. The summed E-state index contributed by atoms with van der Waals surface area (Å²) in [7, 11) is 0. The van der Waals surface area contributed by atoms with Gasteiger partial charge in [0.25, 0.3) is 5.91 Å². The Hall–Kier alpha value is -2.48. The number of carbonyl (C=O) groups is 1. The molecule has 1 amide bonds. The van der Waals surface area contributed by atoms with Gasteiger partial charge in [0.05, 0.1) is 10.4 Å². The highest BCUT2D eigenvalue weighted by molar-refractivity contribution is 7.20. The third-order valence-corrected chi connectivity index (χ3v) is 5.27. The summed E-state index contributed by atoms with van der Waals surface area (Å²) in [6.45, 7) is 6.78. The molecule has 0 fully saturated rings. The molecule has 0 bridgehead atoms. The quantitative estimate of drug-likeness (QED) is 0.666. The minimum atomic E-state index is -4.47. The first-order valence-electron chi connectivity index (χ1n) is 7.81. The standard InChI is InChI=1S/C18H16F3N3OS/c1-8-5-6-12(7-13(8)18(19,20)21)24-16(25)15-9(2)14-10(3)22-11(4)23-17(14)26-15/h5-7H,1-4H3,(H,24,25). The van der Waals surface area contributed by atoms with Gasteiger partial charge in [-0.05, 0) is 51.0 Å². The van der Waals surface area contributed by atoms with Crippen LogP contribution in [-0.4, -0.2) is 15.9 Å². The second-order valence-electron chi connectivity index (χ2n) is 6.07. The average molecular weight is 379 g/mol. The first-order chi connectivity index (χ1) is 12.1. The zero-order valence-electron chi connectivity index (χ0n) is 14.6. The fraction of sp³-hybridized carbons (Fsp3) is 0.278. The van der Waals surface area contributed by atoms with Crippen LogP contribution in [0.1, 0.15) is 37.9 Å². The number of halogens is 3. The zero-order chi connectivity index (χ0) is 19.2. The van der Waals surface area contributed by atoms with E-state index in [0.717, 1.165) is 22.7 Å². The van der Waals surface area contributed by atoms with Crippen molar-refractivity contribution in [3.8, 4) is 0 Å². The van der Waals surface area contributed by atoms with Gasteiger partial charge in [-0.1, -0.05) is 6.07 Å². The van der Waals surface area contributed by atoms with Crippen LogP contribution in [0.25, 0.3) is 10.2 Å². The molecule has 0 radical (unpaired) electrons. The minimum Gasteiger partial charge on any atom is -0.321 e. The molecule has 4 nitrogen and oxygen atoms in total. The molecule has 1 aromatic carbocycles. The van der Waals surface area contributed by atoms with E-state index < -0.39 is 17.6 Å². The molecule has 3 aromatic rings. The van der Waals surface area contributed by atoms with Crippen molar-refractivity contribution in [2.75, 3.05) is 5.32 Å². The molecule has 0 spiro atoms. The van der Waals surface area contributed by atoms with Crippen molar-refractivity contribution < 1.29 is 18.0 Å². The van der Waals surface area contributed by atoms with Crippen LogP contribution in [0.2, 0.25) is 0 Å². The monoisotopic (exact) mass is 379 g/mol. The highest BCUT2D eigenvalue weighted by atomic mass is 32.1. The summed E-state index contributed by atoms with van der Waals surface area (Å²) in [5.41, 5.74) is 0.942. The van der Waals surface area contributed by atoms with Crippen LogP contribution in [0.15, 0.2) is 18.2 Å². The predicted octanol–water partition coefficient (Wildman–Crippen LogP) is 5.20. The first kappa shape index (κ1) is 18.3. The van der Waals surface area contributed by atoms with E-state index >= 15 is 0 Å². The normalized spacial score (nSPS) is 11.8. The van der Waals surface area contributed by atoms with E-state index in [-0.39, 0.29) is 11.3 Å². The maximum atomic E-state index is 13.0. The Morgan fingerprint density at radius 2 is 1.81 bits per heavy atom. The van der Waals surface area contributed by atoms with Crippen LogP contribution in [-0.2, 0) is 6.18 Å². The van der Waals surface area contributed by atoms with Gasteiger partial charge >= 0.3 is 6.18 Å².